The van der Waals surface area contributed by atoms with E-state index in [0.717, 1.165) is 5.56 Å². The Balaban J connectivity index is 1.81. The van der Waals surface area contributed by atoms with Gasteiger partial charge in [0.25, 0.3) is 5.91 Å². The molecule has 0 saturated heterocycles. The predicted molar refractivity (Wildman–Crippen MR) is 104 cm³/mol. The highest BCUT2D eigenvalue weighted by Crippen LogP contribution is 2.22. The standard InChI is InChI=1S/C22H23FN2O3/c1-15(2)13-25(22(26)17-5-4-6-20(11-17)27-3)14-19-12-21(28-24-19)16-7-9-18(23)10-8-16/h4-12,15H,13-14H2,1-3H3. The van der Waals surface area contributed by atoms with E-state index in [4.69, 9.17) is 9.26 Å². The van der Waals surface area contributed by atoms with Gasteiger partial charge in [-0.2, -0.15) is 0 Å². The SMILES string of the molecule is COc1cccc(C(=O)N(Cc2cc(-c3ccc(F)cc3)on2)CC(C)C)c1. The van der Waals surface area contributed by atoms with Crippen LogP contribution < -0.4 is 4.74 Å². The summed E-state index contributed by atoms with van der Waals surface area (Å²) < 4.78 is 23.7. The van der Waals surface area contributed by atoms with Gasteiger partial charge in [-0.1, -0.05) is 25.1 Å². The molecular weight excluding hydrogens is 359 g/mol. The maximum atomic E-state index is 13.1. The van der Waals surface area contributed by atoms with E-state index in [9.17, 15) is 9.18 Å². The number of halogens is 1. The van der Waals surface area contributed by atoms with Crippen LogP contribution in [-0.2, 0) is 6.54 Å². The number of benzene rings is 2. The van der Waals surface area contributed by atoms with Gasteiger partial charge in [-0.15, -0.1) is 0 Å². The summed E-state index contributed by atoms with van der Waals surface area (Å²) in [6.07, 6.45) is 0. The van der Waals surface area contributed by atoms with Crippen LogP contribution in [0, 0.1) is 11.7 Å². The Morgan fingerprint density at radius 1 is 1.18 bits per heavy atom. The van der Waals surface area contributed by atoms with E-state index in [1.807, 2.05) is 0 Å². The number of carbonyl (C=O) groups is 1. The van der Waals surface area contributed by atoms with Crippen LogP contribution in [0.25, 0.3) is 11.3 Å². The molecule has 1 amide bonds. The van der Waals surface area contributed by atoms with E-state index in [2.05, 4.69) is 19.0 Å². The summed E-state index contributed by atoms with van der Waals surface area (Å²) in [5, 5.41) is 4.08. The van der Waals surface area contributed by atoms with Crippen molar-refractivity contribution < 1.29 is 18.4 Å². The van der Waals surface area contributed by atoms with Gasteiger partial charge in [0, 0.05) is 23.7 Å². The summed E-state index contributed by atoms with van der Waals surface area (Å²) in [5.74, 6) is 1.05. The molecule has 0 aliphatic heterocycles. The van der Waals surface area contributed by atoms with E-state index < -0.39 is 0 Å². The van der Waals surface area contributed by atoms with Crippen molar-refractivity contribution in [3.63, 3.8) is 0 Å². The monoisotopic (exact) mass is 382 g/mol. The molecule has 0 N–H and O–H groups in total. The Morgan fingerprint density at radius 2 is 1.93 bits per heavy atom. The zero-order chi connectivity index (χ0) is 20.1. The second-order valence-corrected chi connectivity index (χ2v) is 7.00. The van der Waals surface area contributed by atoms with Crippen LogP contribution >= 0.6 is 0 Å². The van der Waals surface area contributed by atoms with Crippen molar-refractivity contribution in [2.45, 2.75) is 20.4 Å². The first-order valence-corrected chi connectivity index (χ1v) is 9.11. The summed E-state index contributed by atoms with van der Waals surface area (Å²) in [7, 11) is 1.57. The first-order valence-electron chi connectivity index (χ1n) is 9.11. The smallest absolute Gasteiger partial charge is 0.254 e. The number of amides is 1. The summed E-state index contributed by atoms with van der Waals surface area (Å²) >= 11 is 0. The first kappa shape index (κ1) is 19.6. The molecule has 1 aromatic heterocycles. The Morgan fingerprint density at radius 3 is 2.61 bits per heavy atom. The number of hydrogen-bond donors (Lipinski definition) is 0. The predicted octanol–water partition coefficient (Wildman–Crippen LogP) is 4.79. The lowest BCUT2D eigenvalue weighted by Gasteiger charge is -2.24. The Hall–Kier alpha value is -3.15. The van der Waals surface area contributed by atoms with Gasteiger partial charge in [-0.25, -0.2) is 4.39 Å². The maximum Gasteiger partial charge on any atom is 0.254 e. The number of nitrogens with zero attached hydrogens (tertiary/aromatic N) is 2. The average molecular weight is 382 g/mol. The zero-order valence-electron chi connectivity index (χ0n) is 16.2. The highest BCUT2D eigenvalue weighted by atomic mass is 19.1. The quantitative estimate of drug-likeness (QED) is 0.590. The molecule has 0 unspecified atom stereocenters. The molecule has 3 aromatic rings. The second kappa shape index (κ2) is 8.69. The van der Waals surface area contributed by atoms with Crippen molar-refractivity contribution in [1.82, 2.24) is 10.1 Å². The molecule has 2 aromatic carbocycles. The van der Waals surface area contributed by atoms with Crippen LogP contribution in [0.4, 0.5) is 4.39 Å². The topological polar surface area (TPSA) is 55.6 Å². The van der Waals surface area contributed by atoms with E-state index >= 15 is 0 Å². The third-order valence-corrected chi connectivity index (χ3v) is 4.23. The summed E-state index contributed by atoms with van der Waals surface area (Å²) in [5.41, 5.74) is 1.92. The third-order valence-electron chi connectivity index (χ3n) is 4.23. The zero-order valence-corrected chi connectivity index (χ0v) is 16.2. The summed E-state index contributed by atoms with van der Waals surface area (Å²) in [6.45, 7) is 5.00. The van der Waals surface area contributed by atoms with E-state index in [-0.39, 0.29) is 17.6 Å². The molecule has 0 spiro atoms. The van der Waals surface area contributed by atoms with Gasteiger partial charge in [0.1, 0.15) is 17.3 Å². The van der Waals surface area contributed by atoms with Crippen molar-refractivity contribution in [3.8, 4) is 17.1 Å². The molecule has 0 aliphatic carbocycles. The molecule has 0 aliphatic rings. The van der Waals surface area contributed by atoms with Crippen LogP contribution in [0.15, 0.2) is 59.1 Å². The van der Waals surface area contributed by atoms with Gasteiger partial charge in [0.05, 0.1) is 13.7 Å². The third kappa shape index (κ3) is 4.76. The van der Waals surface area contributed by atoms with Crippen LogP contribution in [0.1, 0.15) is 29.9 Å². The van der Waals surface area contributed by atoms with Crippen molar-refractivity contribution in [3.05, 3.63) is 71.7 Å². The fourth-order valence-corrected chi connectivity index (χ4v) is 2.93. The summed E-state index contributed by atoms with van der Waals surface area (Å²) in [4.78, 5) is 14.8. The average Bonchev–Trinajstić information content (AvgIpc) is 3.15. The van der Waals surface area contributed by atoms with Gasteiger partial charge in [-0.05, 0) is 48.4 Å². The molecule has 0 bridgehead atoms. The van der Waals surface area contributed by atoms with E-state index in [1.54, 1.807) is 54.5 Å². The molecule has 6 heteroatoms. The summed E-state index contributed by atoms with van der Waals surface area (Å²) in [6, 6.07) is 14.9. The van der Waals surface area contributed by atoms with Gasteiger partial charge in [-0.3, -0.25) is 4.79 Å². The van der Waals surface area contributed by atoms with Gasteiger partial charge in [0.2, 0.25) is 0 Å². The number of methoxy groups -OCH3 is 1. The molecular formula is C22H23FN2O3. The maximum absolute atomic E-state index is 13.1. The number of hydrogen-bond acceptors (Lipinski definition) is 4. The fraction of sp³-hybridized carbons (Fsp3) is 0.273. The Bertz CT molecular complexity index is 935. The highest BCUT2D eigenvalue weighted by Gasteiger charge is 2.20. The molecule has 5 nitrogen and oxygen atoms in total. The normalized spacial score (nSPS) is 10.9. The van der Waals surface area contributed by atoms with Gasteiger partial charge >= 0.3 is 0 Å². The van der Waals surface area contributed by atoms with Crippen molar-refractivity contribution in [1.29, 1.82) is 0 Å². The second-order valence-electron chi connectivity index (χ2n) is 7.00. The number of rotatable bonds is 7. The number of aromatic nitrogens is 1. The van der Waals surface area contributed by atoms with Crippen molar-refractivity contribution in [2.75, 3.05) is 13.7 Å². The Kier molecular flexibility index (Phi) is 6.09. The molecule has 0 saturated carbocycles. The molecule has 146 valence electrons. The minimum Gasteiger partial charge on any atom is -0.497 e. The lowest BCUT2D eigenvalue weighted by atomic mass is 10.1. The van der Waals surface area contributed by atoms with Crippen molar-refractivity contribution >= 4 is 5.91 Å². The number of ether oxygens (including phenoxy) is 1. The van der Waals surface area contributed by atoms with E-state index in [0.29, 0.717) is 35.9 Å². The van der Waals surface area contributed by atoms with Gasteiger partial charge in [0.15, 0.2) is 5.76 Å². The molecule has 28 heavy (non-hydrogen) atoms. The fourth-order valence-electron chi connectivity index (χ4n) is 2.93. The number of carbonyl (C=O) groups excluding carboxylic acids is 1. The largest absolute Gasteiger partial charge is 0.497 e. The van der Waals surface area contributed by atoms with Crippen LogP contribution in [0.5, 0.6) is 5.75 Å². The first-order chi connectivity index (χ1) is 13.5. The lowest BCUT2D eigenvalue weighted by molar-refractivity contribution is 0.0718. The Labute approximate surface area is 163 Å². The minimum absolute atomic E-state index is 0.0982. The molecule has 1 heterocycles. The van der Waals surface area contributed by atoms with Crippen LogP contribution in [0.2, 0.25) is 0 Å². The van der Waals surface area contributed by atoms with E-state index in [1.165, 1.54) is 12.1 Å². The molecule has 3 rings (SSSR count). The highest BCUT2D eigenvalue weighted by molar-refractivity contribution is 5.94. The van der Waals surface area contributed by atoms with Gasteiger partial charge < -0.3 is 14.2 Å². The lowest BCUT2D eigenvalue weighted by Crippen LogP contribution is -2.33. The van der Waals surface area contributed by atoms with Crippen molar-refractivity contribution in [2.24, 2.45) is 5.92 Å². The molecule has 0 fully saturated rings. The van der Waals surface area contributed by atoms with Crippen LogP contribution in [-0.4, -0.2) is 29.6 Å². The van der Waals surface area contributed by atoms with Crippen LogP contribution in [0.3, 0.4) is 0 Å². The molecule has 0 radical (unpaired) electrons. The minimum atomic E-state index is -0.310. The molecule has 0 atom stereocenters.